The molecule has 1 aromatic rings. The van der Waals surface area contributed by atoms with E-state index in [1.54, 1.807) is 0 Å². The summed E-state index contributed by atoms with van der Waals surface area (Å²) < 4.78 is 5.91. The van der Waals surface area contributed by atoms with Crippen LogP contribution in [0, 0.1) is 13.8 Å². The van der Waals surface area contributed by atoms with E-state index >= 15 is 0 Å². The highest BCUT2D eigenvalue weighted by molar-refractivity contribution is 5.36. The van der Waals surface area contributed by atoms with E-state index in [4.69, 9.17) is 4.74 Å². The number of hydrogen-bond donors (Lipinski definition) is 1. The predicted molar refractivity (Wildman–Crippen MR) is 69.1 cm³/mol. The van der Waals surface area contributed by atoms with Gasteiger partial charge in [0, 0.05) is 12.6 Å². The number of aryl methyl sites for hydroxylation is 2. The molecule has 0 bridgehead atoms. The summed E-state index contributed by atoms with van der Waals surface area (Å²) in [5.74, 6) is 0.998. The molecule has 0 amide bonds. The smallest absolute Gasteiger partial charge is 0.122 e. The molecule has 0 fully saturated rings. The van der Waals surface area contributed by atoms with Gasteiger partial charge in [0.05, 0.1) is 0 Å². The van der Waals surface area contributed by atoms with E-state index < -0.39 is 0 Å². The quantitative estimate of drug-likeness (QED) is 0.825. The monoisotopic (exact) mass is 221 g/mol. The van der Waals surface area contributed by atoms with Gasteiger partial charge >= 0.3 is 0 Å². The van der Waals surface area contributed by atoms with Gasteiger partial charge in [0.1, 0.15) is 11.9 Å². The summed E-state index contributed by atoms with van der Waals surface area (Å²) in [5.41, 5.74) is 2.44. The molecule has 2 heteroatoms. The third-order valence-corrected chi connectivity index (χ3v) is 2.49. The van der Waals surface area contributed by atoms with Crippen LogP contribution in [0.1, 0.15) is 31.9 Å². The molecule has 0 saturated carbocycles. The van der Waals surface area contributed by atoms with Crippen molar-refractivity contribution in [1.29, 1.82) is 0 Å². The molecule has 16 heavy (non-hydrogen) atoms. The maximum Gasteiger partial charge on any atom is 0.122 e. The summed E-state index contributed by atoms with van der Waals surface area (Å²) in [6.07, 6.45) is 0.197. The fourth-order valence-corrected chi connectivity index (χ4v) is 1.49. The van der Waals surface area contributed by atoms with Gasteiger partial charge in [-0.15, -0.1) is 0 Å². The van der Waals surface area contributed by atoms with Gasteiger partial charge in [0.25, 0.3) is 0 Å². The van der Waals surface area contributed by atoms with Crippen molar-refractivity contribution in [1.82, 2.24) is 5.32 Å². The van der Waals surface area contributed by atoms with Crippen LogP contribution in [0.15, 0.2) is 18.2 Å². The second-order valence-electron chi connectivity index (χ2n) is 4.76. The van der Waals surface area contributed by atoms with Crippen molar-refractivity contribution in [2.45, 2.75) is 46.8 Å². The van der Waals surface area contributed by atoms with Gasteiger partial charge < -0.3 is 10.1 Å². The average molecular weight is 221 g/mol. The molecular formula is C14H23NO. The zero-order valence-electron chi connectivity index (χ0n) is 11.0. The van der Waals surface area contributed by atoms with Crippen molar-refractivity contribution in [3.63, 3.8) is 0 Å². The summed E-state index contributed by atoms with van der Waals surface area (Å²) in [5, 5.41) is 3.37. The van der Waals surface area contributed by atoms with Crippen LogP contribution in [-0.2, 0) is 0 Å². The Hall–Kier alpha value is -1.02. The number of hydrogen-bond acceptors (Lipinski definition) is 2. The normalized spacial score (nSPS) is 12.9. The van der Waals surface area contributed by atoms with E-state index in [0.717, 1.165) is 12.3 Å². The molecule has 0 aliphatic heterocycles. The van der Waals surface area contributed by atoms with Crippen LogP contribution in [0.25, 0.3) is 0 Å². The predicted octanol–water partition coefficient (Wildman–Crippen LogP) is 3.07. The lowest BCUT2D eigenvalue weighted by Crippen LogP contribution is -2.33. The molecule has 0 heterocycles. The number of nitrogens with one attached hydrogen (secondary N) is 1. The first-order chi connectivity index (χ1) is 7.49. The standard InChI is InChI=1S/C14H23NO/c1-10(2)15-9-13(5)16-14-8-11(3)6-7-12(14)4/h6-8,10,13,15H,9H2,1-5H3. The Morgan fingerprint density at radius 2 is 1.88 bits per heavy atom. The van der Waals surface area contributed by atoms with Crippen molar-refractivity contribution < 1.29 is 4.74 Å². The van der Waals surface area contributed by atoms with Crippen LogP contribution in [0.4, 0.5) is 0 Å². The van der Waals surface area contributed by atoms with E-state index in [9.17, 15) is 0 Å². The lowest BCUT2D eigenvalue weighted by atomic mass is 10.1. The molecule has 0 aliphatic rings. The molecule has 1 atom stereocenters. The maximum atomic E-state index is 5.91. The largest absolute Gasteiger partial charge is 0.489 e. The Labute approximate surface area is 99.0 Å². The molecule has 1 aromatic carbocycles. The fraction of sp³-hybridized carbons (Fsp3) is 0.571. The van der Waals surface area contributed by atoms with Crippen molar-refractivity contribution >= 4 is 0 Å². The van der Waals surface area contributed by atoms with Crippen LogP contribution in [0.3, 0.4) is 0 Å². The highest BCUT2D eigenvalue weighted by Gasteiger charge is 2.06. The topological polar surface area (TPSA) is 21.3 Å². The molecule has 0 spiro atoms. The van der Waals surface area contributed by atoms with Crippen LogP contribution in [0.2, 0.25) is 0 Å². The Balaban J connectivity index is 2.55. The SMILES string of the molecule is Cc1ccc(C)c(OC(C)CNC(C)C)c1. The molecule has 0 aromatic heterocycles. The van der Waals surface area contributed by atoms with Crippen LogP contribution >= 0.6 is 0 Å². The van der Waals surface area contributed by atoms with Crippen molar-refractivity contribution in [2.24, 2.45) is 0 Å². The maximum absolute atomic E-state index is 5.91. The minimum atomic E-state index is 0.197. The summed E-state index contributed by atoms with van der Waals surface area (Å²) in [6.45, 7) is 11.4. The zero-order chi connectivity index (χ0) is 12.1. The highest BCUT2D eigenvalue weighted by atomic mass is 16.5. The van der Waals surface area contributed by atoms with E-state index in [-0.39, 0.29) is 6.10 Å². The van der Waals surface area contributed by atoms with E-state index in [1.807, 2.05) is 0 Å². The van der Waals surface area contributed by atoms with E-state index in [1.165, 1.54) is 11.1 Å². The van der Waals surface area contributed by atoms with Crippen molar-refractivity contribution in [2.75, 3.05) is 6.54 Å². The van der Waals surface area contributed by atoms with Gasteiger partial charge in [-0.2, -0.15) is 0 Å². The van der Waals surface area contributed by atoms with Crippen LogP contribution in [-0.4, -0.2) is 18.7 Å². The lowest BCUT2D eigenvalue weighted by Gasteiger charge is -2.18. The number of benzene rings is 1. The summed E-state index contributed by atoms with van der Waals surface area (Å²) >= 11 is 0. The summed E-state index contributed by atoms with van der Waals surface area (Å²) in [6, 6.07) is 6.82. The summed E-state index contributed by atoms with van der Waals surface area (Å²) in [4.78, 5) is 0. The van der Waals surface area contributed by atoms with Crippen molar-refractivity contribution in [3.05, 3.63) is 29.3 Å². The fourth-order valence-electron chi connectivity index (χ4n) is 1.49. The molecule has 1 unspecified atom stereocenters. The molecule has 90 valence electrons. The third kappa shape index (κ3) is 4.23. The minimum absolute atomic E-state index is 0.197. The van der Waals surface area contributed by atoms with Gasteiger partial charge in [-0.3, -0.25) is 0 Å². The number of ether oxygens (including phenoxy) is 1. The van der Waals surface area contributed by atoms with Crippen LogP contribution in [0.5, 0.6) is 5.75 Å². The van der Waals surface area contributed by atoms with Gasteiger partial charge in [0.2, 0.25) is 0 Å². The van der Waals surface area contributed by atoms with Crippen molar-refractivity contribution in [3.8, 4) is 5.75 Å². The second-order valence-corrected chi connectivity index (χ2v) is 4.76. The minimum Gasteiger partial charge on any atom is -0.489 e. The molecule has 0 radical (unpaired) electrons. The molecule has 2 nitrogen and oxygen atoms in total. The molecule has 0 aliphatic carbocycles. The highest BCUT2D eigenvalue weighted by Crippen LogP contribution is 2.20. The average Bonchev–Trinajstić information content (AvgIpc) is 2.20. The first kappa shape index (κ1) is 13.0. The summed E-state index contributed by atoms with van der Waals surface area (Å²) in [7, 11) is 0. The van der Waals surface area contributed by atoms with Gasteiger partial charge in [-0.25, -0.2) is 0 Å². The molecule has 1 rings (SSSR count). The lowest BCUT2D eigenvalue weighted by molar-refractivity contribution is 0.212. The molecule has 0 saturated heterocycles. The first-order valence-electron chi connectivity index (χ1n) is 5.96. The zero-order valence-corrected chi connectivity index (χ0v) is 11.0. The third-order valence-electron chi connectivity index (χ3n) is 2.49. The second kappa shape index (κ2) is 5.90. The van der Waals surface area contributed by atoms with Crippen LogP contribution < -0.4 is 10.1 Å². The molecular weight excluding hydrogens is 198 g/mol. The Morgan fingerprint density at radius 1 is 1.19 bits per heavy atom. The Kier molecular flexibility index (Phi) is 4.81. The van der Waals surface area contributed by atoms with E-state index in [2.05, 4.69) is 58.1 Å². The molecule has 1 N–H and O–H groups in total. The Morgan fingerprint density at radius 3 is 2.50 bits per heavy atom. The first-order valence-corrected chi connectivity index (χ1v) is 5.96. The van der Waals surface area contributed by atoms with Gasteiger partial charge in [-0.05, 0) is 38.0 Å². The van der Waals surface area contributed by atoms with E-state index in [0.29, 0.717) is 6.04 Å². The van der Waals surface area contributed by atoms with Gasteiger partial charge in [0.15, 0.2) is 0 Å². The number of rotatable bonds is 5. The Bertz CT molecular complexity index is 334. The van der Waals surface area contributed by atoms with Gasteiger partial charge in [-0.1, -0.05) is 26.0 Å².